The van der Waals surface area contributed by atoms with Gasteiger partial charge in [-0.15, -0.1) is 0 Å². The maximum absolute atomic E-state index is 12.6. The van der Waals surface area contributed by atoms with Crippen molar-refractivity contribution in [3.63, 3.8) is 0 Å². The fourth-order valence-corrected chi connectivity index (χ4v) is 2.38. The number of anilines is 1. The van der Waals surface area contributed by atoms with Gasteiger partial charge in [0.2, 0.25) is 0 Å². The number of hydrogen-bond donors (Lipinski definition) is 1. The van der Waals surface area contributed by atoms with Crippen molar-refractivity contribution in [1.29, 1.82) is 0 Å². The van der Waals surface area contributed by atoms with E-state index in [1.165, 1.54) is 12.1 Å². The van der Waals surface area contributed by atoms with Crippen molar-refractivity contribution in [1.82, 2.24) is 9.78 Å². The van der Waals surface area contributed by atoms with Crippen molar-refractivity contribution in [3.05, 3.63) is 93.9 Å². The molecule has 3 rings (SSSR count). The van der Waals surface area contributed by atoms with Gasteiger partial charge in [0, 0.05) is 11.8 Å². The van der Waals surface area contributed by atoms with Crippen molar-refractivity contribution in [2.45, 2.75) is 12.7 Å². The molecule has 1 aromatic heterocycles. The minimum absolute atomic E-state index is 0.0228. The lowest BCUT2D eigenvalue weighted by Gasteiger charge is -2.10. The van der Waals surface area contributed by atoms with E-state index in [0.717, 1.165) is 34.5 Å². The topological polar surface area (TPSA) is 64.0 Å². The predicted octanol–water partition coefficient (Wildman–Crippen LogP) is 3.56. The first-order valence-corrected chi connectivity index (χ1v) is 7.93. The van der Waals surface area contributed by atoms with Gasteiger partial charge in [-0.1, -0.05) is 30.3 Å². The van der Waals surface area contributed by atoms with Crippen molar-refractivity contribution in [3.8, 4) is 0 Å². The van der Waals surface area contributed by atoms with Gasteiger partial charge in [-0.25, -0.2) is 4.68 Å². The van der Waals surface area contributed by atoms with E-state index in [-0.39, 0.29) is 23.5 Å². The Morgan fingerprint density at radius 1 is 0.963 bits per heavy atom. The zero-order valence-electron chi connectivity index (χ0n) is 13.9. The summed E-state index contributed by atoms with van der Waals surface area (Å²) in [6.07, 6.45) is -4.45. The molecule has 0 radical (unpaired) electrons. The molecule has 27 heavy (non-hydrogen) atoms. The number of amides is 1. The zero-order valence-corrected chi connectivity index (χ0v) is 13.9. The number of nitrogens with one attached hydrogen (secondary N) is 1. The first kappa shape index (κ1) is 18.4. The standard InChI is InChI=1S/C19H14F3N3O2/c20-19(21,22)14-6-8-15(9-7-14)23-18(27)16-10-11-17(26)25(24-16)12-13-4-2-1-3-5-13/h1-11H,12H2,(H,23,27). The van der Waals surface area contributed by atoms with E-state index in [0.29, 0.717) is 0 Å². The maximum Gasteiger partial charge on any atom is 0.416 e. The number of carbonyl (C=O) groups excluding carboxylic acids is 1. The van der Waals surface area contributed by atoms with E-state index in [2.05, 4.69) is 10.4 Å². The summed E-state index contributed by atoms with van der Waals surface area (Å²) in [5, 5.41) is 6.50. The van der Waals surface area contributed by atoms with Gasteiger partial charge in [0.1, 0.15) is 5.69 Å². The van der Waals surface area contributed by atoms with Crippen LogP contribution in [0.25, 0.3) is 0 Å². The van der Waals surface area contributed by atoms with Crippen LogP contribution < -0.4 is 10.9 Å². The van der Waals surface area contributed by atoms with Gasteiger partial charge >= 0.3 is 6.18 Å². The van der Waals surface area contributed by atoms with E-state index in [4.69, 9.17) is 0 Å². The van der Waals surface area contributed by atoms with E-state index in [1.54, 1.807) is 0 Å². The molecule has 0 aliphatic carbocycles. The van der Waals surface area contributed by atoms with Crippen LogP contribution in [0.2, 0.25) is 0 Å². The monoisotopic (exact) mass is 373 g/mol. The number of nitrogens with zero attached hydrogens (tertiary/aromatic N) is 2. The Kier molecular flexibility index (Phi) is 5.07. The Morgan fingerprint density at radius 2 is 1.63 bits per heavy atom. The Bertz CT molecular complexity index is 997. The molecule has 0 fully saturated rings. The first-order valence-electron chi connectivity index (χ1n) is 7.93. The molecule has 2 aromatic carbocycles. The highest BCUT2D eigenvalue weighted by atomic mass is 19.4. The molecular formula is C19H14F3N3O2. The number of rotatable bonds is 4. The minimum atomic E-state index is -4.45. The minimum Gasteiger partial charge on any atom is -0.321 e. The van der Waals surface area contributed by atoms with Crippen molar-refractivity contribution in [2.75, 3.05) is 5.32 Å². The lowest BCUT2D eigenvalue weighted by Crippen LogP contribution is -2.26. The fourth-order valence-electron chi connectivity index (χ4n) is 2.38. The first-order chi connectivity index (χ1) is 12.8. The van der Waals surface area contributed by atoms with Gasteiger partial charge in [-0.3, -0.25) is 9.59 Å². The second-order valence-corrected chi connectivity index (χ2v) is 5.73. The quantitative estimate of drug-likeness (QED) is 0.761. The Morgan fingerprint density at radius 3 is 2.26 bits per heavy atom. The number of benzene rings is 2. The summed E-state index contributed by atoms with van der Waals surface area (Å²) in [4.78, 5) is 24.3. The summed E-state index contributed by atoms with van der Waals surface area (Å²) in [5.41, 5.74) is -0.173. The van der Waals surface area contributed by atoms with Gasteiger partial charge in [-0.05, 0) is 35.9 Å². The molecule has 0 unspecified atom stereocenters. The Balaban J connectivity index is 1.77. The van der Waals surface area contributed by atoms with E-state index in [1.807, 2.05) is 30.3 Å². The number of alkyl halides is 3. The maximum atomic E-state index is 12.6. The van der Waals surface area contributed by atoms with Crippen LogP contribution in [0.1, 0.15) is 21.6 Å². The summed E-state index contributed by atoms with van der Waals surface area (Å²) in [7, 11) is 0. The van der Waals surface area contributed by atoms with Crippen LogP contribution in [0.4, 0.5) is 18.9 Å². The van der Waals surface area contributed by atoms with Crippen LogP contribution >= 0.6 is 0 Å². The molecule has 5 nitrogen and oxygen atoms in total. The third-order valence-electron chi connectivity index (χ3n) is 3.74. The van der Waals surface area contributed by atoms with Crippen LogP contribution in [0.5, 0.6) is 0 Å². The molecule has 0 atom stereocenters. The van der Waals surface area contributed by atoms with Gasteiger partial charge in [0.15, 0.2) is 0 Å². The average molecular weight is 373 g/mol. The van der Waals surface area contributed by atoms with Gasteiger partial charge in [0.25, 0.3) is 11.5 Å². The normalized spacial score (nSPS) is 11.2. The smallest absolute Gasteiger partial charge is 0.321 e. The highest BCUT2D eigenvalue weighted by Gasteiger charge is 2.30. The lowest BCUT2D eigenvalue weighted by atomic mass is 10.2. The Labute approximate surface area is 152 Å². The van der Waals surface area contributed by atoms with Crippen LogP contribution in [-0.4, -0.2) is 15.7 Å². The molecule has 0 spiro atoms. The number of aromatic nitrogens is 2. The predicted molar refractivity (Wildman–Crippen MR) is 93.4 cm³/mol. The van der Waals surface area contributed by atoms with Crippen LogP contribution in [0.15, 0.2) is 71.5 Å². The van der Waals surface area contributed by atoms with Crippen LogP contribution in [0, 0.1) is 0 Å². The number of halogens is 3. The fraction of sp³-hybridized carbons (Fsp3) is 0.105. The largest absolute Gasteiger partial charge is 0.416 e. The molecule has 138 valence electrons. The number of carbonyl (C=O) groups is 1. The van der Waals surface area contributed by atoms with Crippen LogP contribution in [-0.2, 0) is 12.7 Å². The van der Waals surface area contributed by atoms with E-state index >= 15 is 0 Å². The highest BCUT2D eigenvalue weighted by molar-refractivity contribution is 6.02. The van der Waals surface area contributed by atoms with Gasteiger partial charge in [-0.2, -0.15) is 18.3 Å². The molecule has 0 bridgehead atoms. The molecule has 8 heteroatoms. The van der Waals surface area contributed by atoms with E-state index in [9.17, 15) is 22.8 Å². The summed E-state index contributed by atoms with van der Waals surface area (Å²) in [6.45, 7) is 0.196. The van der Waals surface area contributed by atoms with Gasteiger partial charge < -0.3 is 5.32 Å². The molecule has 1 heterocycles. The molecule has 0 aliphatic heterocycles. The van der Waals surface area contributed by atoms with Crippen LogP contribution in [0.3, 0.4) is 0 Å². The Hall–Kier alpha value is -3.42. The number of hydrogen-bond acceptors (Lipinski definition) is 3. The molecule has 1 N–H and O–H groups in total. The molecule has 3 aromatic rings. The molecule has 1 amide bonds. The van der Waals surface area contributed by atoms with Crippen molar-refractivity contribution >= 4 is 11.6 Å². The van der Waals surface area contributed by atoms with Crippen molar-refractivity contribution < 1.29 is 18.0 Å². The molecule has 0 saturated heterocycles. The van der Waals surface area contributed by atoms with Crippen molar-refractivity contribution in [2.24, 2.45) is 0 Å². The summed E-state index contributed by atoms with van der Waals surface area (Å²) >= 11 is 0. The third-order valence-corrected chi connectivity index (χ3v) is 3.74. The second-order valence-electron chi connectivity index (χ2n) is 5.73. The molecule has 0 aliphatic rings. The second kappa shape index (κ2) is 7.45. The third kappa shape index (κ3) is 4.60. The van der Waals surface area contributed by atoms with E-state index < -0.39 is 17.6 Å². The lowest BCUT2D eigenvalue weighted by molar-refractivity contribution is -0.137. The SMILES string of the molecule is O=C(Nc1ccc(C(F)(F)F)cc1)c1ccc(=O)n(Cc2ccccc2)n1. The van der Waals surface area contributed by atoms with Gasteiger partial charge in [0.05, 0.1) is 12.1 Å². The zero-order chi connectivity index (χ0) is 19.4. The molecular weight excluding hydrogens is 359 g/mol. The average Bonchev–Trinajstić information content (AvgIpc) is 2.64. The summed E-state index contributed by atoms with van der Waals surface area (Å²) < 4.78 is 38.9. The highest BCUT2D eigenvalue weighted by Crippen LogP contribution is 2.29. The summed E-state index contributed by atoms with van der Waals surface area (Å²) in [5.74, 6) is -0.628. The molecule has 0 saturated carbocycles. The summed E-state index contributed by atoms with van der Waals surface area (Å²) in [6, 6.07) is 15.7.